The van der Waals surface area contributed by atoms with E-state index in [-0.39, 0.29) is 18.1 Å². The molecule has 0 spiro atoms. The number of carbonyl (C=O) groups excluding carboxylic acids is 1. The van der Waals surface area contributed by atoms with Crippen LogP contribution >= 0.6 is 0 Å². The minimum absolute atomic E-state index is 0.00609. The van der Waals surface area contributed by atoms with Crippen molar-refractivity contribution in [3.63, 3.8) is 0 Å². The first-order chi connectivity index (χ1) is 8.49. The number of rotatable bonds is 3. The Balaban J connectivity index is 2.43. The number of nitrogens with zero attached hydrogens (tertiary/aromatic N) is 1. The highest BCUT2D eigenvalue weighted by atomic mass is 16.5. The van der Waals surface area contributed by atoms with Crippen LogP contribution < -0.4 is 9.64 Å². The molecule has 0 aromatic heterocycles. The van der Waals surface area contributed by atoms with Crippen molar-refractivity contribution < 1.29 is 19.4 Å². The Hall–Kier alpha value is -2.04. The monoisotopic (exact) mass is 249 g/mol. The molecule has 1 aromatic carbocycles. The zero-order chi connectivity index (χ0) is 13.3. The predicted molar refractivity (Wildman–Crippen MR) is 66.1 cm³/mol. The van der Waals surface area contributed by atoms with Crippen LogP contribution in [-0.2, 0) is 4.79 Å². The lowest BCUT2D eigenvalue weighted by atomic mass is 10.1. The van der Waals surface area contributed by atoms with Crippen LogP contribution in [0.15, 0.2) is 18.2 Å². The first-order valence-electron chi connectivity index (χ1n) is 5.79. The second-order valence-electron chi connectivity index (χ2n) is 4.67. The average Bonchev–Trinajstić information content (AvgIpc) is 2.31. The first-order valence-corrected chi connectivity index (χ1v) is 5.79. The van der Waals surface area contributed by atoms with Crippen molar-refractivity contribution in [2.45, 2.75) is 13.8 Å². The van der Waals surface area contributed by atoms with Gasteiger partial charge in [0.15, 0.2) is 6.61 Å². The number of ether oxygens (including phenoxy) is 1. The van der Waals surface area contributed by atoms with Gasteiger partial charge in [0.1, 0.15) is 5.75 Å². The molecule has 0 saturated heterocycles. The SMILES string of the molecule is CC(C)CN1C(=O)COc2ccc(C(=O)O)cc21. The molecule has 0 unspecified atom stereocenters. The fourth-order valence-corrected chi connectivity index (χ4v) is 1.90. The lowest BCUT2D eigenvalue weighted by molar-refractivity contribution is -0.121. The summed E-state index contributed by atoms with van der Waals surface area (Å²) >= 11 is 0. The molecule has 0 atom stereocenters. The van der Waals surface area contributed by atoms with Gasteiger partial charge in [0, 0.05) is 6.54 Å². The highest BCUT2D eigenvalue weighted by molar-refractivity contribution is 5.99. The summed E-state index contributed by atoms with van der Waals surface area (Å²) in [6.07, 6.45) is 0. The van der Waals surface area contributed by atoms with Crippen molar-refractivity contribution in [2.75, 3.05) is 18.1 Å². The van der Waals surface area contributed by atoms with E-state index in [1.165, 1.54) is 12.1 Å². The quantitative estimate of drug-likeness (QED) is 0.886. The largest absolute Gasteiger partial charge is 0.482 e. The maximum Gasteiger partial charge on any atom is 0.335 e. The Labute approximate surface area is 105 Å². The molecule has 0 saturated carbocycles. The maximum absolute atomic E-state index is 11.8. The Kier molecular flexibility index (Phi) is 3.23. The number of carboxylic acid groups (broad SMARTS) is 1. The number of hydrogen-bond acceptors (Lipinski definition) is 3. The zero-order valence-electron chi connectivity index (χ0n) is 10.3. The van der Waals surface area contributed by atoms with Crippen molar-refractivity contribution in [3.8, 4) is 5.75 Å². The summed E-state index contributed by atoms with van der Waals surface area (Å²) in [5.41, 5.74) is 0.695. The molecule has 1 N–H and O–H groups in total. The van der Waals surface area contributed by atoms with Crippen molar-refractivity contribution in [2.24, 2.45) is 5.92 Å². The average molecular weight is 249 g/mol. The summed E-state index contributed by atoms with van der Waals surface area (Å²) in [6, 6.07) is 4.56. The van der Waals surface area contributed by atoms with E-state index in [4.69, 9.17) is 9.84 Å². The molecule has 0 radical (unpaired) electrons. The van der Waals surface area contributed by atoms with E-state index < -0.39 is 5.97 Å². The van der Waals surface area contributed by atoms with E-state index in [9.17, 15) is 9.59 Å². The van der Waals surface area contributed by atoms with Crippen LogP contribution in [0.25, 0.3) is 0 Å². The Morgan fingerprint density at radius 3 is 2.83 bits per heavy atom. The second kappa shape index (κ2) is 4.68. The van der Waals surface area contributed by atoms with Gasteiger partial charge in [0.05, 0.1) is 11.3 Å². The van der Waals surface area contributed by atoms with E-state index in [2.05, 4.69) is 0 Å². The zero-order valence-corrected chi connectivity index (χ0v) is 10.3. The third-order valence-electron chi connectivity index (χ3n) is 2.70. The van der Waals surface area contributed by atoms with Gasteiger partial charge < -0.3 is 14.7 Å². The molecular formula is C13H15NO4. The molecule has 96 valence electrons. The van der Waals surface area contributed by atoms with Crippen LogP contribution in [0.5, 0.6) is 5.75 Å². The van der Waals surface area contributed by atoms with Gasteiger partial charge in [0.25, 0.3) is 5.91 Å². The van der Waals surface area contributed by atoms with Crippen LogP contribution in [0.3, 0.4) is 0 Å². The minimum atomic E-state index is -1.01. The van der Waals surface area contributed by atoms with Crippen LogP contribution in [0, 0.1) is 5.92 Å². The van der Waals surface area contributed by atoms with Gasteiger partial charge in [-0.15, -0.1) is 0 Å². The van der Waals surface area contributed by atoms with Gasteiger partial charge >= 0.3 is 5.97 Å². The summed E-state index contributed by atoms with van der Waals surface area (Å²) in [4.78, 5) is 24.4. The number of fused-ring (bicyclic) bond motifs is 1. The van der Waals surface area contributed by atoms with E-state index in [1.54, 1.807) is 11.0 Å². The van der Waals surface area contributed by atoms with Gasteiger partial charge in [0.2, 0.25) is 0 Å². The number of benzene rings is 1. The van der Waals surface area contributed by atoms with Crippen LogP contribution in [0.4, 0.5) is 5.69 Å². The highest BCUT2D eigenvalue weighted by Crippen LogP contribution is 2.33. The number of carbonyl (C=O) groups is 2. The van der Waals surface area contributed by atoms with Gasteiger partial charge in [-0.2, -0.15) is 0 Å². The van der Waals surface area contributed by atoms with Gasteiger partial charge in [-0.25, -0.2) is 4.79 Å². The molecule has 0 aliphatic carbocycles. The van der Waals surface area contributed by atoms with E-state index in [1.807, 2.05) is 13.8 Å². The molecule has 5 nitrogen and oxygen atoms in total. The van der Waals surface area contributed by atoms with Gasteiger partial charge in [-0.3, -0.25) is 4.79 Å². The van der Waals surface area contributed by atoms with Gasteiger partial charge in [-0.05, 0) is 24.1 Å². The number of aromatic carboxylic acids is 1. The van der Waals surface area contributed by atoms with Crippen molar-refractivity contribution in [1.82, 2.24) is 0 Å². The van der Waals surface area contributed by atoms with Gasteiger partial charge in [-0.1, -0.05) is 13.8 Å². The molecule has 1 aliphatic heterocycles. The smallest absolute Gasteiger partial charge is 0.335 e. The molecule has 1 heterocycles. The summed E-state index contributed by atoms with van der Waals surface area (Å²) in [5, 5.41) is 8.98. The molecule has 2 rings (SSSR count). The summed E-state index contributed by atoms with van der Waals surface area (Å²) in [6.45, 7) is 4.57. The molecule has 1 aliphatic rings. The number of anilines is 1. The topological polar surface area (TPSA) is 66.8 Å². The Bertz CT molecular complexity index is 496. The molecule has 0 bridgehead atoms. The summed E-state index contributed by atoms with van der Waals surface area (Å²) in [7, 11) is 0. The van der Waals surface area contributed by atoms with E-state index in [0.717, 1.165) is 0 Å². The molecule has 1 aromatic rings. The van der Waals surface area contributed by atoms with Crippen LogP contribution in [0.2, 0.25) is 0 Å². The lowest BCUT2D eigenvalue weighted by Crippen LogP contribution is -2.41. The standard InChI is InChI=1S/C13H15NO4/c1-8(2)6-14-10-5-9(13(16)17)3-4-11(10)18-7-12(14)15/h3-5,8H,6-7H2,1-2H3,(H,16,17). The molecular weight excluding hydrogens is 234 g/mol. The molecule has 18 heavy (non-hydrogen) atoms. The fourth-order valence-electron chi connectivity index (χ4n) is 1.90. The number of carboxylic acids is 1. The lowest BCUT2D eigenvalue weighted by Gasteiger charge is -2.30. The Morgan fingerprint density at radius 2 is 2.22 bits per heavy atom. The maximum atomic E-state index is 11.8. The van der Waals surface area contributed by atoms with E-state index >= 15 is 0 Å². The van der Waals surface area contributed by atoms with Crippen LogP contribution in [-0.4, -0.2) is 30.1 Å². The molecule has 1 amide bonds. The van der Waals surface area contributed by atoms with E-state index in [0.29, 0.717) is 23.9 Å². The van der Waals surface area contributed by atoms with Crippen molar-refractivity contribution >= 4 is 17.6 Å². The minimum Gasteiger partial charge on any atom is -0.482 e. The van der Waals surface area contributed by atoms with Crippen molar-refractivity contribution in [3.05, 3.63) is 23.8 Å². The summed E-state index contributed by atoms with van der Waals surface area (Å²) < 4.78 is 5.30. The third-order valence-corrected chi connectivity index (χ3v) is 2.70. The molecule has 0 fully saturated rings. The second-order valence-corrected chi connectivity index (χ2v) is 4.67. The predicted octanol–water partition coefficient (Wildman–Crippen LogP) is 1.77. The third kappa shape index (κ3) is 2.30. The first kappa shape index (κ1) is 12.4. The van der Waals surface area contributed by atoms with Crippen LogP contribution in [0.1, 0.15) is 24.2 Å². The fraction of sp³-hybridized carbons (Fsp3) is 0.385. The number of hydrogen-bond donors (Lipinski definition) is 1. The number of amides is 1. The molecule has 5 heteroatoms. The summed E-state index contributed by atoms with van der Waals surface area (Å²) in [5.74, 6) is -0.298. The van der Waals surface area contributed by atoms with Crippen molar-refractivity contribution in [1.29, 1.82) is 0 Å². The highest BCUT2D eigenvalue weighted by Gasteiger charge is 2.26. The Morgan fingerprint density at radius 1 is 1.50 bits per heavy atom. The normalized spacial score (nSPS) is 14.4.